The van der Waals surface area contributed by atoms with Crippen molar-refractivity contribution < 1.29 is 14.2 Å². The molecule has 0 saturated carbocycles. The lowest BCUT2D eigenvalue weighted by atomic mass is 10.1. The molecule has 0 bridgehead atoms. The lowest BCUT2D eigenvalue weighted by molar-refractivity contribution is 0.0308. The molecule has 0 radical (unpaired) electrons. The van der Waals surface area contributed by atoms with E-state index in [2.05, 4.69) is 15.6 Å². The number of aliphatic hydroxyl groups excluding tert-OH is 1. The summed E-state index contributed by atoms with van der Waals surface area (Å²) >= 11 is 0. The SMILES string of the molecule is CCNC(=NCc1ccc(C)c(F)c1)NCC(O)COCc1ccccc1. The van der Waals surface area contributed by atoms with Gasteiger partial charge in [0, 0.05) is 13.1 Å². The average molecular weight is 373 g/mol. The van der Waals surface area contributed by atoms with Gasteiger partial charge in [-0.15, -0.1) is 0 Å². The van der Waals surface area contributed by atoms with Gasteiger partial charge in [0.2, 0.25) is 0 Å². The molecule has 0 heterocycles. The zero-order chi connectivity index (χ0) is 19.5. The number of aliphatic hydroxyl groups is 1. The summed E-state index contributed by atoms with van der Waals surface area (Å²) in [5, 5.41) is 16.3. The molecule has 146 valence electrons. The van der Waals surface area contributed by atoms with Crippen molar-refractivity contribution in [2.24, 2.45) is 4.99 Å². The van der Waals surface area contributed by atoms with Crippen LogP contribution in [0.1, 0.15) is 23.6 Å². The number of aryl methyl sites for hydroxylation is 1. The number of aliphatic imine (C=N–C) groups is 1. The number of nitrogens with zero attached hydrogens (tertiary/aromatic N) is 1. The third-order valence-corrected chi connectivity index (χ3v) is 3.93. The van der Waals surface area contributed by atoms with Crippen LogP contribution in [-0.2, 0) is 17.9 Å². The van der Waals surface area contributed by atoms with E-state index in [1.54, 1.807) is 13.0 Å². The summed E-state index contributed by atoms with van der Waals surface area (Å²) in [4.78, 5) is 4.43. The van der Waals surface area contributed by atoms with Crippen LogP contribution in [0.4, 0.5) is 4.39 Å². The topological polar surface area (TPSA) is 65.9 Å². The van der Waals surface area contributed by atoms with Crippen molar-refractivity contribution in [2.75, 3.05) is 19.7 Å². The molecule has 0 aliphatic heterocycles. The number of hydrogen-bond donors (Lipinski definition) is 3. The van der Waals surface area contributed by atoms with Gasteiger partial charge >= 0.3 is 0 Å². The Morgan fingerprint density at radius 3 is 2.63 bits per heavy atom. The van der Waals surface area contributed by atoms with Gasteiger partial charge in [0.15, 0.2) is 5.96 Å². The van der Waals surface area contributed by atoms with E-state index in [0.29, 0.717) is 37.8 Å². The van der Waals surface area contributed by atoms with Gasteiger partial charge in [-0.2, -0.15) is 0 Å². The van der Waals surface area contributed by atoms with E-state index in [9.17, 15) is 9.50 Å². The summed E-state index contributed by atoms with van der Waals surface area (Å²) in [6.07, 6.45) is -0.658. The van der Waals surface area contributed by atoms with Gasteiger partial charge in [0.1, 0.15) is 5.82 Å². The van der Waals surface area contributed by atoms with Crippen molar-refractivity contribution in [3.63, 3.8) is 0 Å². The van der Waals surface area contributed by atoms with Crippen molar-refractivity contribution in [1.29, 1.82) is 0 Å². The molecule has 0 aliphatic carbocycles. The minimum absolute atomic E-state index is 0.227. The van der Waals surface area contributed by atoms with Crippen LogP contribution in [0.25, 0.3) is 0 Å². The normalized spacial score (nSPS) is 12.7. The monoisotopic (exact) mass is 373 g/mol. The second-order valence-corrected chi connectivity index (χ2v) is 6.31. The fourth-order valence-corrected chi connectivity index (χ4v) is 2.41. The molecule has 27 heavy (non-hydrogen) atoms. The number of guanidine groups is 1. The Morgan fingerprint density at radius 1 is 1.15 bits per heavy atom. The maximum absolute atomic E-state index is 13.6. The summed E-state index contributed by atoms with van der Waals surface area (Å²) in [6, 6.07) is 14.9. The quantitative estimate of drug-likeness (QED) is 0.467. The molecular weight excluding hydrogens is 345 g/mol. The number of nitrogens with one attached hydrogen (secondary N) is 2. The van der Waals surface area contributed by atoms with Gasteiger partial charge in [-0.3, -0.25) is 0 Å². The molecule has 0 aliphatic rings. The zero-order valence-electron chi connectivity index (χ0n) is 15.9. The van der Waals surface area contributed by atoms with E-state index in [0.717, 1.165) is 11.1 Å². The first-order valence-electron chi connectivity index (χ1n) is 9.15. The van der Waals surface area contributed by atoms with Crippen LogP contribution in [0.5, 0.6) is 0 Å². The summed E-state index contributed by atoms with van der Waals surface area (Å²) in [5.41, 5.74) is 2.48. The average Bonchev–Trinajstić information content (AvgIpc) is 2.67. The largest absolute Gasteiger partial charge is 0.389 e. The molecule has 1 atom stereocenters. The van der Waals surface area contributed by atoms with Crippen molar-refractivity contribution >= 4 is 5.96 Å². The van der Waals surface area contributed by atoms with E-state index < -0.39 is 6.10 Å². The maximum Gasteiger partial charge on any atom is 0.191 e. The standard InChI is InChI=1S/C21H28FN3O2/c1-3-23-21(24-12-18-10-9-16(2)20(22)11-18)25-13-19(26)15-27-14-17-7-5-4-6-8-17/h4-11,19,26H,3,12-15H2,1-2H3,(H2,23,24,25). The van der Waals surface area contributed by atoms with E-state index in [1.807, 2.05) is 43.3 Å². The van der Waals surface area contributed by atoms with Gasteiger partial charge in [-0.1, -0.05) is 42.5 Å². The predicted octanol–water partition coefficient (Wildman–Crippen LogP) is 2.77. The Hall–Kier alpha value is -2.44. The van der Waals surface area contributed by atoms with Crippen molar-refractivity contribution in [3.8, 4) is 0 Å². The van der Waals surface area contributed by atoms with E-state index in [1.165, 1.54) is 6.07 Å². The zero-order valence-corrected chi connectivity index (χ0v) is 15.9. The Bertz CT molecular complexity index is 723. The van der Waals surface area contributed by atoms with Crippen LogP contribution < -0.4 is 10.6 Å². The first-order chi connectivity index (χ1) is 13.1. The molecule has 5 nitrogen and oxygen atoms in total. The van der Waals surface area contributed by atoms with Crippen LogP contribution >= 0.6 is 0 Å². The predicted molar refractivity (Wildman–Crippen MR) is 106 cm³/mol. The molecule has 0 fully saturated rings. The Kier molecular flexibility index (Phi) is 8.74. The van der Waals surface area contributed by atoms with Crippen LogP contribution in [0.15, 0.2) is 53.5 Å². The number of rotatable bonds is 9. The Labute approximate surface area is 160 Å². The highest BCUT2D eigenvalue weighted by molar-refractivity contribution is 5.79. The van der Waals surface area contributed by atoms with Crippen LogP contribution in [0, 0.1) is 12.7 Å². The van der Waals surface area contributed by atoms with Crippen molar-refractivity contribution in [2.45, 2.75) is 33.1 Å². The van der Waals surface area contributed by atoms with E-state index >= 15 is 0 Å². The van der Waals surface area contributed by atoms with Gasteiger partial charge < -0.3 is 20.5 Å². The smallest absolute Gasteiger partial charge is 0.191 e. The Morgan fingerprint density at radius 2 is 1.93 bits per heavy atom. The number of halogens is 1. The second kappa shape index (κ2) is 11.3. The third-order valence-electron chi connectivity index (χ3n) is 3.93. The molecule has 3 N–H and O–H groups in total. The van der Waals surface area contributed by atoms with Crippen LogP contribution in [-0.4, -0.2) is 36.9 Å². The molecule has 0 amide bonds. The molecule has 0 saturated heterocycles. The van der Waals surface area contributed by atoms with Gasteiger partial charge in [0.05, 0.1) is 25.9 Å². The van der Waals surface area contributed by atoms with Crippen molar-refractivity contribution in [3.05, 3.63) is 71.0 Å². The highest BCUT2D eigenvalue weighted by atomic mass is 19.1. The highest BCUT2D eigenvalue weighted by Crippen LogP contribution is 2.10. The number of hydrogen-bond acceptors (Lipinski definition) is 3. The lowest BCUT2D eigenvalue weighted by Gasteiger charge is -2.15. The summed E-state index contributed by atoms with van der Waals surface area (Å²) in [6.45, 7) is 5.73. The fourth-order valence-electron chi connectivity index (χ4n) is 2.41. The summed E-state index contributed by atoms with van der Waals surface area (Å²) in [5.74, 6) is 0.340. The van der Waals surface area contributed by atoms with Gasteiger partial charge in [0.25, 0.3) is 0 Å². The van der Waals surface area contributed by atoms with Crippen LogP contribution in [0.3, 0.4) is 0 Å². The molecule has 2 aromatic carbocycles. The molecule has 2 aromatic rings. The molecule has 1 unspecified atom stereocenters. The number of ether oxygens (including phenoxy) is 1. The van der Waals surface area contributed by atoms with Crippen LogP contribution in [0.2, 0.25) is 0 Å². The van der Waals surface area contributed by atoms with Crippen molar-refractivity contribution in [1.82, 2.24) is 10.6 Å². The third kappa shape index (κ3) is 7.76. The highest BCUT2D eigenvalue weighted by Gasteiger charge is 2.07. The molecule has 2 rings (SSSR count). The van der Waals surface area contributed by atoms with Gasteiger partial charge in [-0.25, -0.2) is 9.38 Å². The lowest BCUT2D eigenvalue weighted by Crippen LogP contribution is -2.42. The fraction of sp³-hybridized carbons (Fsp3) is 0.381. The number of benzene rings is 2. The minimum Gasteiger partial charge on any atom is -0.389 e. The first-order valence-corrected chi connectivity index (χ1v) is 9.15. The molecule has 0 spiro atoms. The van der Waals surface area contributed by atoms with E-state index in [-0.39, 0.29) is 12.4 Å². The molecule has 0 aromatic heterocycles. The molecular formula is C21H28FN3O2. The Balaban J connectivity index is 1.77. The van der Waals surface area contributed by atoms with Gasteiger partial charge in [-0.05, 0) is 36.6 Å². The minimum atomic E-state index is -0.658. The summed E-state index contributed by atoms with van der Waals surface area (Å²) < 4.78 is 19.2. The first kappa shape index (κ1) is 20.9. The molecule has 6 heteroatoms. The second-order valence-electron chi connectivity index (χ2n) is 6.31. The summed E-state index contributed by atoms with van der Waals surface area (Å²) in [7, 11) is 0. The maximum atomic E-state index is 13.6. The van der Waals surface area contributed by atoms with E-state index in [4.69, 9.17) is 4.74 Å².